The number of aryl methyl sites for hydroxylation is 2. The highest BCUT2D eigenvalue weighted by molar-refractivity contribution is 8.00. The van der Waals surface area contributed by atoms with Gasteiger partial charge in [-0.25, -0.2) is 4.98 Å². The number of anilines is 1. The van der Waals surface area contributed by atoms with Gasteiger partial charge in [-0.1, -0.05) is 12.1 Å². The average molecular weight is 275 g/mol. The summed E-state index contributed by atoms with van der Waals surface area (Å²) < 4.78 is 37.9. The third kappa shape index (κ3) is 2.72. The Morgan fingerprint density at radius 2 is 2.11 bits per heavy atom. The maximum Gasteiger partial charge on any atom is 0.441 e. The Morgan fingerprint density at radius 3 is 2.78 bits per heavy atom. The molecule has 7 heteroatoms. The van der Waals surface area contributed by atoms with Crippen LogP contribution in [0.2, 0.25) is 0 Å². The van der Waals surface area contributed by atoms with E-state index in [-0.39, 0.29) is 30.0 Å². The number of halogens is 3. The lowest BCUT2D eigenvalue weighted by molar-refractivity contribution is -0.0328. The Hall–Kier alpha value is -1.37. The zero-order chi connectivity index (χ0) is 13.3. The Labute approximate surface area is 106 Å². The van der Waals surface area contributed by atoms with Crippen LogP contribution in [0.3, 0.4) is 0 Å². The summed E-state index contributed by atoms with van der Waals surface area (Å²) in [4.78, 5) is 4.14. The van der Waals surface area contributed by atoms with Crippen molar-refractivity contribution in [3.05, 3.63) is 23.8 Å². The molecule has 0 saturated heterocycles. The molecule has 0 unspecified atom stereocenters. The molecule has 0 spiro atoms. The number of nitrogens with two attached hydrogens (primary N) is 1. The largest absolute Gasteiger partial charge is 0.441 e. The van der Waals surface area contributed by atoms with Gasteiger partial charge in [-0.05, 0) is 30.3 Å². The highest BCUT2D eigenvalue weighted by atomic mass is 32.2. The summed E-state index contributed by atoms with van der Waals surface area (Å²) in [6.07, 6.45) is 0. The summed E-state index contributed by atoms with van der Waals surface area (Å²) in [7, 11) is 0. The number of hydrogen-bond acceptors (Lipinski definition) is 3. The van der Waals surface area contributed by atoms with Crippen LogP contribution in [0.15, 0.2) is 18.2 Å². The number of para-hydroxylation sites is 1. The second kappa shape index (κ2) is 4.72. The lowest BCUT2D eigenvalue weighted by atomic mass is 10.2. The van der Waals surface area contributed by atoms with Gasteiger partial charge in [0.25, 0.3) is 0 Å². The van der Waals surface area contributed by atoms with Gasteiger partial charge in [-0.15, -0.1) is 0 Å². The lowest BCUT2D eigenvalue weighted by Crippen LogP contribution is -2.09. The molecule has 2 aromatic rings. The molecular formula is C11H12F3N3S. The number of nitrogen functional groups attached to an aromatic ring is 1. The molecule has 0 atom stereocenters. The molecule has 1 heterocycles. The Balaban J connectivity index is 2.25. The molecule has 98 valence electrons. The maximum absolute atomic E-state index is 12.1. The summed E-state index contributed by atoms with van der Waals surface area (Å²) >= 11 is -0.0492. The van der Waals surface area contributed by atoms with Crippen molar-refractivity contribution in [3.63, 3.8) is 0 Å². The molecule has 0 saturated carbocycles. The van der Waals surface area contributed by atoms with Crippen molar-refractivity contribution in [2.75, 3.05) is 11.5 Å². The van der Waals surface area contributed by atoms with E-state index in [1.165, 1.54) is 0 Å². The van der Waals surface area contributed by atoms with Crippen LogP contribution < -0.4 is 5.73 Å². The number of hydrogen-bond donors (Lipinski definition) is 1. The minimum absolute atomic E-state index is 0.0492. The van der Waals surface area contributed by atoms with Crippen molar-refractivity contribution in [2.24, 2.45) is 0 Å². The fraction of sp³-hybridized carbons (Fsp3) is 0.364. The maximum atomic E-state index is 12.1. The summed E-state index contributed by atoms with van der Waals surface area (Å²) in [5.41, 5.74) is 3.99. The highest BCUT2D eigenvalue weighted by Gasteiger charge is 2.27. The van der Waals surface area contributed by atoms with E-state index in [9.17, 15) is 13.2 Å². The van der Waals surface area contributed by atoms with Crippen molar-refractivity contribution in [1.82, 2.24) is 9.55 Å². The second-order valence-electron chi connectivity index (χ2n) is 3.86. The lowest BCUT2D eigenvalue weighted by Gasteiger charge is -2.09. The van der Waals surface area contributed by atoms with Crippen LogP contribution in [0.4, 0.5) is 19.1 Å². The molecule has 3 nitrogen and oxygen atoms in total. The number of rotatable bonds is 3. The van der Waals surface area contributed by atoms with Gasteiger partial charge in [-0.2, -0.15) is 13.2 Å². The van der Waals surface area contributed by atoms with E-state index >= 15 is 0 Å². The third-order valence-electron chi connectivity index (χ3n) is 2.58. The number of benzene rings is 1. The Bertz CT molecular complexity index is 562. The normalized spacial score (nSPS) is 12.2. The monoisotopic (exact) mass is 275 g/mol. The number of aromatic nitrogens is 2. The number of alkyl halides is 3. The first-order chi connectivity index (χ1) is 8.38. The van der Waals surface area contributed by atoms with Crippen LogP contribution >= 0.6 is 11.8 Å². The van der Waals surface area contributed by atoms with Gasteiger partial charge in [-0.3, -0.25) is 0 Å². The summed E-state index contributed by atoms with van der Waals surface area (Å²) in [5, 5.41) is 0. The zero-order valence-electron chi connectivity index (χ0n) is 9.66. The quantitative estimate of drug-likeness (QED) is 0.935. The van der Waals surface area contributed by atoms with Crippen LogP contribution in [0.25, 0.3) is 11.0 Å². The molecule has 0 fully saturated rings. The number of nitrogens with zero attached hydrogens (tertiary/aromatic N) is 2. The van der Waals surface area contributed by atoms with Crippen LogP contribution in [0, 0.1) is 6.92 Å². The minimum Gasteiger partial charge on any atom is -0.369 e. The second-order valence-corrected chi connectivity index (χ2v) is 5.02. The average Bonchev–Trinajstić information content (AvgIpc) is 2.55. The molecule has 1 aromatic carbocycles. The highest BCUT2D eigenvalue weighted by Crippen LogP contribution is 2.31. The topological polar surface area (TPSA) is 43.8 Å². The van der Waals surface area contributed by atoms with E-state index in [0.29, 0.717) is 5.52 Å². The van der Waals surface area contributed by atoms with Crippen molar-refractivity contribution < 1.29 is 13.2 Å². The van der Waals surface area contributed by atoms with Gasteiger partial charge in [0, 0.05) is 12.3 Å². The van der Waals surface area contributed by atoms with Crippen LogP contribution in [0.5, 0.6) is 0 Å². The van der Waals surface area contributed by atoms with Gasteiger partial charge in [0.05, 0.1) is 11.0 Å². The molecule has 2 rings (SSSR count). The fourth-order valence-corrected chi connectivity index (χ4v) is 2.37. The molecule has 0 aliphatic heterocycles. The van der Waals surface area contributed by atoms with E-state index in [0.717, 1.165) is 11.1 Å². The fourth-order valence-electron chi connectivity index (χ4n) is 1.86. The molecule has 1 aromatic heterocycles. The summed E-state index contributed by atoms with van der Waals surface area (Å²) in [5.74, 6) is 0.176. The van der Waals surface area contributed by atoms with E-state index in [2.05, 4.69) is 4.98 Å². The Kier molecular flexibility index (Phi) is 3.43. The first-order valence-corrected chi connectivity index (χ1v) is 6.29. The molecule has 0 aliphatic carbocycles. The smallest absolute Gasteiger partial charge is 0.369 e. The van der Waals surface area contributed by atoms with Gasteiger partial charge in [0.15, 0.2) is 0 Å². The zero-order valence-corrected chi connectivity index (χ0v) is 10.5. The molecule has 0 bridgehead atoms. The third-order valence-corrected chi connectivity index (χ3v) is 3.29. The van der Waals surface area contributed by atoms with Crippen molar-refractivity contribution in [2.45, 2.75) is 19.0 Å². The first-order valence-electron chi connectivity index (χ1n) is 5.30. The first kappa shape index (κ1) is 13.1. The van der Waals surface area contributed by atoms with E-state index in [4.69, 9.17) is 5.73 Å². The van der Waals surface area contributed by atoms with E-state index < -0.39 is 5.51 Å². The minimum atomic E-state index is -4.21. The summed E-state index contributed by atoms with van der Waals surface area (Å²) in [6, 6.07) is 5.53. The molecule has 2 N–H and O–H groups in total. The van der Waals surface area contributed by atoms with Crippen LogP contribution in [0.1, 0.15) is 5.56 Å². The molecule has 0 radical (unpaired) electrons. The number of fused-ring (bicyclic) bond motifs is 1. The van der Waals surface area contributed by atoms with Crippen molar-refractivity contribution in [1.29, 1.82) is 0 Å². The predicted molar refractivity (Wildman–Crippen MR) is 67.4 cm³/mol. The van der Waals surface area contributed by atoms with Crippen LogP contribution in [-0.4, -0.2) is 20.8 Å². The van der Waals surface area contributed by atoms with Gasteiger partial charge in [0.2, 0.25) is 5.95 Å². The van der Waals surface area contributed by atoms with Crippen LogP contribution in [-0.2, 0) is 6.54 Å². The molecule has 0 aliphatic rings. The van der Waals surface area contributed by atoms with E-state index in [1.54, 1.807) is 10.6 Å². The standard InChI is InChI=1S/C11H12F3N3S/c1-7-3-2-4-8-9(7)17(10(15)16-8)5-6-18-11(12,13)14/h2-4H,5-6H2,1H3,(H2,15,16). The molecular weight excluding hydrogens is 263 g/mol. The van der Waals surface area contributed by atoms with Gasteiger partial charge < -0.3 is 10.3 Å². The predicted octanol–water partition coefficient (Wildman–Crippen LogP) is 3.18. The van der Waals surface area contributed by atoms with E-state index in [1.807, 2.05) is 19.1 Å². The number of thioether (sulfide) groups is 1. The molecule has 0 amide bonds. The Morgan fingerprint density at radius 1 is 1.39 bits per heavy atom. The SMILES string of the molecule is Cc1cccc2nc(N)n(CCSC(F)(F)F)c12. The summed E-state index contributed by atoms with van der Waals surface area (Å²) in [6.45, 7) is 2.08. The molecule has 18 heavy (non-hydrogen) atoms. The van der Waals surface area contributed by atoms with Crippen molar-refractivity contribution >= 4 is 28.7 Å². The number of imidazole rings is 1. The van der Waals surface area contributed by atoms with Gasteiger partial charge in [0.1, 0.15) is 0 Å². The van der Waals surface area contributed by atoms with Crippen molar-refractivity contribution in [3.8, 4) is 0 Å². The van der Waals surface area contributed by atoms with Gasteiger partial charge >= 0.3 is 5.51 Å².